The third kappa shape index (κ3) is 14.9. The predicted octanol–water partition coefficient (Wildman–Crippen LogP) is 7.10. The summed E-state index contributed by atoms with van der Waals surface area (Å²) in [5.74, 6) is -0.888. The van der Waals surface area contributed by atoms with Gasteiger partial charge in [0, 0.05) is 12.3 Å². The molecule has 1 heterocycles. The number of esters is 2. The highest BCUT2D eigenvalue weighted by Gasteiger charge is 2.18. The number of nitrogens with one attached hydrogen (secondary N) is 1. The van der Waals surface area contributed by atoms with Crippen molar-refractivity contribution in [3.8, 4) is 0 Å². The van der Waals surface area contributed by atoms with Crippen molar-refractivity contribution in [1.82, 2.24) is 4.98 Å². The first kappa shape index (κ1) is 30.1. The first-order chi connectivity index (χ1) is 17.1. The lowest BCUT2D eigenvalue weighted by atomic mass is 10.1. The summed E-state index contributed by atoms with van der Waals surface area (Å²) in [6.45, 7) is 5.17. The van der Waals surface area contributed by atoms with Gasteiger partial charge in [-0.1, -0.05) is 96.3 Å². The molecule has 6 heteroatoms. The van der Waals surface area contributed by atoms with Crippen LogP contribution < -0.4 is 5.56 Å². The molecule has 0 spiro atoms. The van der Waals surface area contributed by atoms with E-state index in [1.165, 1.54) is 57.4 Å². The number of carbonyl (C=O) groups excluding carboxylic acids is 2. The number of aromatic amines is 1. The minimum absolute atomic E-state index is 0.0532. The lowest BCUT2D eigenvalue weighted by Crippen LogP contribution is -2.15. The summed E-state index contributed by atoms with van der Waals surface area (Å²) in [5, 5.41) is 0. The van der Waals surface area contributed by atoms with Crippen LogP contribution in [-0.2, 0) is 9.47 Å². The summed E-state index contributed by atoms with van der Waals surface area (Å²) in [6, 6.07) is 11.7. The fourth-order valence-corrected chi connectivity index (χ4v) is 3.47. The summed E-state index contributed by atoms with van der Waals surface area (Å²) >= 11 is 0. The Labute approximate surface area is 210 Å². The number of rotatable bonds is 16. The molecule has 0 unspecified atom stereocenters. The molecule has 0 saturated heterocycles. The zero-order chi connectivity index (χ0) is 25.6. The van der Waals surface area contributed by atoms with Crippen LogP contribution in [0.5, 0.6) is 0 Å². The summed E-state index contributed by atoms with van der Waals surface area (Å²) in [6.07, 6.45) is 15.2. The van der Waals surface area contributed by atoms with Gasteiger partial charge in [0.05, 0.1) is 24.3 Å². The quantitative estimate of drug-likeness (QED) is 0.202. The molecule has 35 heavy (non-hydrogen) atoms. The van der Waals surface area contributed by atoms with Gasteiger partial charge in [0.1, 0.15) is 0 Å². The SMILES string of the molecule is CCCCCCCCOC(=O)c1ccccc1C(=O)OCCCCCCCC.O=c1cccc[nH]1. The Hall–Kier alpha value is -2.89. The number of H-pyrrole nitrogens is 1. The average Bonchev–Trinajstić information content (AvgIpc) is 2.88. The molecule has 0 aliphatic heterocycles. The monoisotopic (exact) mass is 485 g/mol. The van der Waals surface area contributed by atoms with E-state index in [2.05, 4.69) is 18.8 Å². The van der Waals surface area contributed by atoms with Gasteiger partial charge in [-0.2, -0.15) is 0 Å². The smallest absolute Gasteiger partial charge is 0.339 e. The standard InChI is InChI=1S/C24H38O4.C5H5NO/c1-3-5-7-9-11-15-19-27-23(25)21-17-13-14-18-22(21)24(26)28-20-16-12-10-8-6-4-2;7-5-3-1-2-4-6-5/h13-14,17-18H,3-12,15-16,19-20H2,1-2H3;1-4H,(H,6,7). The van der Waals surface area contributed by atoms with Crippen LogP contribution in [0.2, 0.25) is 0 Å². The van der Waals surface area contributed by atoms with Crippen LogP contribution in [0, 0.1) is 0 Å². The summed E-state index contributed by atoms with van der Waals surface area (Å²) < 4.78 is 10.7. The van der Waals surface area contributed by atoms with E-state index in [9.17, 15) is 14.4 Å². The largest absolute Gasteiger partial charge is 0.462 e. The maximum absolute atomic E-state index is 12.4. The van der Waals surface area contributed by atoms with Crippen LogP contribution in [0.4, 0.5) is 0 Å². The molecule has 1 aromatic carbocycles. The zero-order valence-electron chi connectivity index (χ0n) is 21.6. The lowest BCUT2D eigenvalue weighted by molar-refractivity contribution is 0.0450. The summed E-state index contributed by atoms with van der Waals surface area (Å²) in [5.41, 5.74) is 0.533. The van der Waals surface area contributed by atoms with E-state index >= 15 is 0 Å². The van der Waals surface area contributed by atoms with Crippen LogP contribution in [0.1, 0.15) is 112 Å². The van der Waals surface area contributed by atoms with Crippen molar-refractivity contribution in [1.29, 1.82) is 0 Å². The molecule has 0 fully saturated rings. The molecular weight excluding hydrogens is 442 g/mol. The molecule has 0 aliphatic carbocycles. The van der Waals surface area contributed by atoms with Crippen LogP contribution in [0.3, 0.4) is 0 Å². The van der Waals surface area contributed by atoms with Crippen molar-refractivity contribution in [2.24, 2.45) is 0 Å². The third-order valence-corrected chi connectivity index (χ3v) is 5.51. The normalized spacial score (nSPS) is 10.2. The molecule has 0 bridgehead atoms. The van der Waals surface area contributed by atoms with Gasteiger partial charge in [0.15, 0.2) is 0 Å². The van der Waals surface area contributed by atoms with Crippen molar-refractivity contribution in [2.45, 2.75) is 90.9 Å². The van der Waals surface area contributed by atoms with Crippen LogP contribution in [0.25, 0.3) is 0 Å². The zero-order valence-corrected chi connectivity index (χ0v) is 21.6. The summed E-state index contributed by atoms with van der Waals surface area (Å²) in [4.78, 5) is 37.4. The van der Waals surface area contributed by atoms with Crippen molar-refractivity contribution >= 4 is 11.9 Å². The van der Waals surface area contributed by atoms with E-state index < -0.39 is 11.9 Å². The van der Waals surface area contributed by atoms with Crippen molar-refractivity contribution in [2.75, 3.05) is 13.2 Å². The molecule has 2 aromatic rings. The Balaban J connectivity index is 0.000000744. The van der Waals surface area contributed by atoms with Crippen molar-refractivity contribution < 1.29 is 19.1 Å². The molecule has 0 aliphatic rings. The van der Waals surface area contributed by atoms with E-state index in [0.717, 1.165) is 25.7 Å². The van der Waals surface area contributed by atoms with Crippen molar-refractivity contribution in [3.63, 3.8) is 0 Å². The van der Waals surface area contributed by atoms with Gasteiger partial charge in [0.25, 0.3) is 0 Å². The molecule has 0 atom stereocenters. The Morgan fingerprint density at radius 3 is 1.43 bits per heavy atom. The lowest BCUT2D eigenvalue weighted by Gasteiger charge is -2.10. The second kappa shape index (κ2) is 20.5. The van der Waals surface area contributed by atoms with E-state index in [1.807, 2.05) is 0 Å². The molecule has 0 saturated carbocycles. The fourth-order valence-electron chi connectivity index (χ4n) is 3.47. The topological polar surface area (TPSA) is 85.5 Å². The Kier molecular flexibility index (Phi) is 17.6. The maximum Gasteiger partial charge on any atom is 0.339 e. The van der Waals surface area contributed by atoms with Gasteiger partial charge < -0.3 is 14.5 Å². The number of aromatic nitrogens is 1. The minimum atomic E-state index is -0.444. The third-order valence-electron chi connectivity index (χ3n) is 5.51. The highest BCUT2D eigenvalue weighted by molar-refractivity contribution is 6.03. The number of carbonyl (C=O) groups is 2. The molecule has 1 aromatic heterocycles. The number of benzene rings is 1. The van der Waals surface area contributed by atoms with Crippen LogP contribution >= 0.6 is 0 Å². The molecule has 2 rings (SSSR count). The Bertz CT molecular complexity index is 811. The van der Waals surface area contributed by atoms with Gasteiger partial charge in [-0.05, 0) is 31.0 Å². The average molecular weight is 486 g/mol. The first-order valence-corrected chi connectivity index (χ1v) is 13.2. The Morgan fingerprint density at radius 2 is 1.06 bits per heavy atom. The number of unbranched alkanes of at least 4 members (excludes halogenated alkanes) is 10. The van der Waals surface area contributed by atoms with Gasteiger partial charge in [-0.25, -0.2) is 9.59 Å². The second-order valence-electron chi connectivity index (χ2n) is 8.58. The van der Waals surface area contributed by atoms with E-state index in [-0.39, 0.29) is 5.56 Å². The minimum Gasteiger partial charge on any atom is -0.462 e. The number of hydrogen-bond donors (Lipinski definition) is 1. The van der Waals surface area contributed by atoms with E-state index in [0.29, 0.717) is 24.3 Å². The first-order valence-electron chi connectivity index (χ1n) is 13.2. The highest BCUT2D eigenvalue weighted by Crippen LogP contribution is 2.14. The van der Waals surface area contributed by atoms with E-state index in [4.69, 9.17) is 9.47 Å². The van der Waals surface area contributed by atoms with Gasteiger partial charge >= 0.3 is 11.9 Å². The fraction of sp³-hybridized carbons (Fsp3) is 0.552. The van der Waals surface area contributed by atoms with Crippen molar-refractivity contribution in [3.05, 3.63) is 70.1 Å². The van der Waals surface area contributed by atoms with Gasteiger partial charge in [-0.15, -0.1) is 0 Å². The molecule has 0 radical (unpaired) electrons. The second-order valence-corrected chi connectivity index (χ2v) is 8.58. The molecule has 0 amide bonds. The van der Waals surface area contributed by atoms with Crippen LogP contribution in [-0.4, -0.2) is 30.1 Å². The molecule has 6 nitrogen and oxygen atoms in total. The Morgan fingerprint density at radius 1 is 0.629 bits per heavy atom. The van der Waals surface area contributed by atoms with Gasteiger partial charge in [0.2, 0.25) is 5.56 Å². The highest BCUT2D eigenvalue weighted by atomic mass is 16.5. The molecular formula is C29H43NO5. The van der Waals surface area contributed by atoms with Crippen LogP contribution in [0.15, 0.2) is 53.5 Å². The predicted molar refractivity (Wildman–Crippen MR) is 141 cm³/mol. The van der Waals surface area contributed by atoms with Gasteiger partial charge in [-0.3, -0.25) is 4.79 Å². The number of ether oxygens (including phenoxy) is 2. The summed E-state index contributed by atoms with van der Waals surface area (Å²) in [7, 11) is 0. The molecule has 194 valence electrons. The number of pyridine rings is 1. The van der Waals surface area contributed by atoms with E-state index in [1.54, 1.807) is 42.6 Å². The number of hydrogen-bond acceptors (Lipinski definition) is 5. The maximum atomic E-state index is 12.4. The molecule has 1 N–H and O–H groups in total.